The molecule has 0 saturated heterocycles. The van der Waals surface area contributed by atoms with Gasteiger partial charge in [0.25, 0.3) is 5.56 Å². The standard InChI is InChI=1S/C18H19N3O2S/c1-10-7-5-6-8-14(10)20-16(22)12(3)21-9-19-17-15(18(21)23)11(2)13(4)24-17/h5-9,12H,1-4H3,(H,20,22)/t12-/m1/s1. The number of nitrogens with zero attached hydrogens (tertiary/aromatic N) is 2. The van der Waals surface area contributed by atoms with Gasteiger partial charge in [-0.05, 0) is 44.9 Å². The van der Waals surface area contributed by atoms with Crippen molar-refractivity contribution in [2.75, 3.05) is 5.32 Å². The molecule has 1 amide bonds. The molecule has 0 aliphatic heterocycles. The van der Waals surface area contributed by atoms with E-state index in [4.69, 9.17) is 0 Å². The molecule has 2 aromatic heterocycles. The minimum atomic E-state index is -0.645. The highest BCUT2D eigenvalue weighted by Gasteiger charge is 2.20. The van der Waals surface area contributed by atoms with Crippen molar-refractivity contribution < 1.29 is 4.79 Å². The summed E-state index contributed by atoms with van der Waals surface area (Å²) in [5, 5.41) is 3.49. The lowest BCUT2D eigenvalue weighted by Gasteiger charge is -2.16. The number of nitrogens with one attached hydrogen (secondary N) is 1. The smallest absolute Gasteiger partial charge is 0.263 e. The predicted molar refractivity (Wildman–Crippen MR) is 97.9 cm³/mol. The maximum atomic E-state index is 12.8. The van der Waals surface area contributed by atoms with Gasteiger partial charge in [-0.2, -0.15) is 0 Å². The van der Waals surface area contributed by atoms with Gasteiger partial charge < -0.3 is 5.32 Å². The maximum Gasteiger partial charge on any atom is 0.263 e. The average molecular weight is 341 g/mol. The van der Waals surface area contributed by atoms with E-state index in [-0.39, 0.29) is 11.5 Å². The molecule has 3 aromatic rings. The molecule has 5 nitrogen and oxygen atoms in total. The molecular formula is C18H19N3O2S. The Bertz CT molecular complexity index is 988. The van der Waals surface area contributed by atoms with E-state index in [0.717, 1.165) is 26.5 Å². The van der Waals surface area contributed by atoms with Gasteiger partial charge in [-0.3, -0.25) is 14.2 Å². The van der Waals surface area contributed by atoms with Crippen LogP contribution in [0.1, 0.15) is 29.0 Å². The lowest BCUT2D eigenvalue weighted by Crippen LogP contribution is -2.32. The molecule has 0 fully saturated rings. The van der Waals surface area contributed by atoms with E-state index in [1.807, 2.05) is 45.0 Å². The summed E-state index contributed by atoms with van der Waals surface area (Å²) in [5.41, 5.74) is 2.49. The first kappa shape index (κ1) is 16.4. The summed E-state index contributed by atoms with van der Waals surface area (Å²) in [6.07, 6.45) is 1.46. The molecule has 0 aliphatic carbocycles. The highest BCUT2D eigenvalue weighted by atomic mass is 32.1. The Balaban J connectivity index is 1.96. The van der Waals surface area contributed by atoms with Crippen LogP contribution in [0.3, 0.4) is 0 Å². The molecule has 24 heavy (non-hydrogen) atoms. The number of aromatic nitrogens is 2. The van der Waals surface area contributed by atoms with Crippen LogP contribution in [0, 0.1) is 20.8 Å². The summed E-state index contributed by atoms with van der Waals surface area (Å²) in [6, 6.07) is 6.91. The van der Waals surface area contributed by atoms with Crippen molar-refractivity contribution in [1.29, 1.82) is 0 Å². The van der Waals surface area contributed by atoms with E-state index >= 15 is 0 Å². The molecule has 3 rings (SSSR count). The van der Waals surface area contributed by atoms with Crippen molar-refractivity contribution in [2.45, 2.75) is 33.7 Å². The van der Waals surface area contributed by atoms with E-state index in [1.54, 1.807) is 6.92 Å². The van der Waals surface area contributed by atoms with Gasteiger partial charge >= 0.3 is 0 Å². The molecule has 1 atom stereocenters. The number of hydrogen-bond acceptors (Lipinski definition) is 4. The topological polar surface area (TPSA) is 64.0 Å². The quantitative estimate of drug-likeness (QED) is 0.792. The van der Waals surface area contributed by atoms with Crippen LogP contribution in [0.15, 0.2) is 35.4 Å². The fourth-order valence-corrected chi connectivity index (χ4v) is 3.59. The fraction of sp³-hybridized carbons (Fsp3) is 0.278. The molecule has 0 unspecified atom stereocenters. The Hall–Kier alpha value is -2.47. The minimum Gasteiger partial charge on any atom is -0.324 e. The average Bonchev–Trinajstić information content (AvgIpc) is 2.84. The Morgan fingerprint density at radius 2 is 1.96 bits per heavy atom. The number of benzene rings is 1. The number of aryl methyl sites for hydroxylation is 3. The van der Waals surface area contributed by atoms with Crippen LogP contribution in [0.5, 0.6) is 0 Å². The normalized spacial score (nSPS) is 12.3. The molecule has 1 aromatic carbocycles. The number of carbonyl (C=O) groups is 1. The summed E-state index contributed by atoms with van der Waals surface area (Å²) in [5.74, 6) is -0.239. The third-order valence-electron chi connectivity index (χ3n) is 4.31. The van der Waals surface area contributed by atoms with Crippen LogP contribution < -0.4 is 10.9 Å². The van der Waals surface area contributed by atoms with Crippen LogP contribution in [0.2, 0.25) is 0 Å². The maximum absolute atomic E-state index is 12.8. The molecule has 0 saturated carbocycles. The second-order valence-electron chi connectivity index (χ2n) is 5.90. The van der Waals surface area contributed by atoms with Gasteiger partial charge in [0.05, 0.1) is 11.7 Å². The molecule has 124 valence electrons. The number of rotatable bonds is 3. The second-order valence-corrected chi connectivity index (χ2v) is 7.10. The lowest BCUT2D eigenvalue weighted by atomic mass is 10.2. The molecule has 2 heterocycles. The molecule has 0 radical (unpaired) electrons. The van der Waals surface area contributed by atoms with Crippen molar-refractivity contribution >= 4 is 33.1 Å². The third-order valence-corrected chi connectivity index (χ3v) is 5.43. The van der Waals surface area contributed by atoms with Crippen molar-refractivity contribution in [1.82, 2.24) is 9.55 Å². The Morgan fingerprint density at radius 1 is 1.25 bits per heavy atom. The van der Waals surface area contributed by atoms with Crippen molar-refractivity contribution in [2.24, 2.45) is 0 Å². The fourth-order valence-electron chi connectivity index (χ4n) is 2.60. The summed E-state index contributed by atoms with van der Waals surface area (Å²) in [4.78, 5) is 31.5. The Morgan fingerprint density at radius 3 is 2.67 bits per heavy atom. The Kier molecular flexibility index (Phi) is 4.24. The lowest BCUT2D eigenvalue weighted by molar-refractivity contribution is -0.118. The van der Waals surface area contributed by atoms with Crippen molar-refractivity contribution in [3.63, 3.8) is 0 Å². The van der Waals surface area contributed by atoms with E-state index in [1.165, 1.54) is 22.2 Å². The summed E-state index contributed by atoms with van der Waals surface area (Å²) >= 11 is 1.50. The zero-order chi connectivity index (χ0) is 17.4. The molecular weight excluding hydrogens is 322 g/mol. The van der Waals surface area contributed by atoms with Crippen LogP contribution >= 0.6 is 11.3 Å². The largest absolute Gasteiger partial charge is 0.324 e. The van der Waals surface area contributed by atoms with Crippen LogP contribution in [-0.2, 0) is 4.79 Å². The number of carbonyl (C=O) groups excluding carboxylic acids is 1. The summed E-state index contributed by atoms with van der Waals surface area (Å²) < 4.78 is 1.40. The summed E-state index contributed by atoms with van der Waals surface area (Å²) in [7, 11) is 0. The monoisotopic (exact) mass is 341 g/mol. The molecule has 6 heteroatoms. The highest BCUT2D eigenvalue weighted by Crippen LogP contribution is 2.26. The molecule has 1 N–H and O–H groups in total. The van der Waals surface area contributed by atoms with Crippen molar-refractivity contribution in [3.05, 3.63) is 57.0 Å². The van der Waals surface area contributed by atoms with Crippen molar-refractivity contribution in [3.8, 4) is 0 Å². The first-order valence-electron chi connectivity index (χ1n) is 7.73. The summed E-state index contributed by atoms with van der Waals surface area (Å²) in [6.45, 7) is 7.52. The van der Waals surface area contributed by atoms with Crippen LogP contribution in [0.25, 0.3) is 10.2 Å². The van der Waals surface area contributed by atoms with Gasteiger partial charge in [0.1, 0.15) is 10.9 Å². The number of para-hydroxylation sites is 1. The van der Waals surface area contributed by atoms with Gasteiger partial charge in [-0.15, -0.1) is 11.3 Å². The molecule has 0 bridgehead atoms. The number of thiophene rings is 1. The number of fused-ring (bicyclic) bond motifs is 1. The van der Waals surface area contributed by atoms with E-state index in [9.17, 15) is 9.59 Å². The van der Waals surface area contributed by atoms with E-state index in [0.29, 0.717) is 5.39 Å². The zero-order valence-electron chi connectivity index (χ0n) is 14.1. The SMILES string of the molecule is Cc1ccccc1NC(=O)[C@@H](C)n1cnc2sc(C)c(C)c2c1=O. The van der Waals surface area contributed by atoms with Gasteiger partial charge in [0.2, 0.25) is 5.91 Å². The van der Waals surface area contributed by atoms with Gasteiger partial charge in [-0.1, -0.05) is 18.2 Å². The Labute approximate surface area is 144 Å². The predicted octanol–water partition coefficient (Wildman–Crippen LogP) is 3.58. The zero-order valence-corrected chi connectivity index (χ0v) is 14.9. The van der Waals surface area contributed by atoms with Crippen LogP contribution in [0.4, 0.5) is 5.69 Å². The minimum absolute atomic E-state index is 0.172. The third kappa shape index (κ3) is 2.73. The number of hydrogen-bond donors (Lipinski definition) is 1. The van der Waals surface area contributed by atoms with Gasteiger partial charge in [0.15, 0.2) is 0 Å². The van der Waals surface area contributed by atoms with Gasteiger partial charge in [0, 0.05) is 10.6 Å². The van der Waals surface area contributed by atoms with E-state index < -0.39 is 6.04 Å². The number of anilines is 1. The van der Waals surface area contributed by atoms with E-state index in [2.05, 4.69) is 10.3 Å². The molecule has 0 aliphatic rings. The van der Waals surface area contributed by atoms with Crippen LogP contribution in [-0.4, -0.2) is 15.5 Å². The highest BCUT2D eigenvalue weighted by molar-refractivity contribution is 7.18. The number of amides is 1. The van der Waals surface area contributed by atoms with Gasteiger partial charge in [-0.25, -0.2) is 4.98 Å². The second kappa shape index (κ2) is 6.20. The molecule has 0 spiro atoms. The first-order chi connectivity index (χ1) is 11.4. The first-order valence-corrected chi connectivity index (χ1v) is 8.55.